The van der Waals surface area contributed by atoms with Gasteiger partial charge in [-0.1, -0.05) is 12.2 Å². The molecule has 0 radical (unpaired) electrons. The zero-order valence-corrected chi connectivity index (χ0v) is 9.91. The number of allylic oxidation sites excluding steroid dienone is 1. The molecule has 2 heterocycles. The van der Waals surface area contributed by atoms with Gasteiger partial charge in [0.05, 0.1) is 0 Å². The number of nitrogens with zero attached hydrogens (tertiary/aromatic N) is 3. The number of carbonyl (C=O) groups excluding carboxylic acids is 1. The molecule has 0 bridgehead atoms. The average Bonchev–Trinajstić information content (AvgIpc) is 2.84. The Labute approximate surface area is 105 Å². The van der Waals surface area contributed by atoms with Gasteiger partial charge in [-0.15, -0.1) is 0 Å². The van der Waals surface area contributed by atoms with E-state index in [1.807, 2.05) is 0 Å². The van der Waals surface area contributed by atoms with E-state index < -0.39 is 0 Å². The summed E-state index contributed by atoms with van der Waals surface area (Å²) in [6.45, 7) is 0. The maximum atomic E-state index is 12.0. The molecule has 1 amide bonds. The minimum atomic E-state index is -0.142. The van der Waals surface area contributed by atoms with Gasteiger partial charge >= 0.3 is 0 Å². The molecule has 18 heavy (non-hydrogen) atoms. The lowest BCUT2D eigenvalue weighted by molar-refractivity contribution is 0.0936. The summed E-state index contributed by atoms with van der Waals surface area (Å²) >= 11 is 0. The molecule has 2 aromatic rings. The molecule has 0 aromatic carbocycles. The van der Waals surface area contributed by atoms with Crippen molar-refractivity contribution in [3.63, 3.8) is 0 Å². The Hall–Kier alpha value is -2.17. The molecule has 0 saturated carbocycles. The molecule has 1 aliphatic rings. The number of rotatable bonds is 2. The quantitative estimate of drug-likeness (QED) is 0.813. The number of carbonyl (C=O) groups is 1. The number of amides is 1. The van der Waals surface area contributed by atoms with Crippen molar-refractivity contribution in [2.24, 2.45) is 0 Å². The maximum absolute atomic E-state index is 12.0. The average molecular weight is 242 g/mol. The molecule has 5 nitrogen and oxygen atoms in total. The van der Waals surface area contributed by atoms with Crippen molar-refractivity contribution >= 4 is 11.6 Å². The van der Waals surface area contributed by atoms with Crippen LogP contribution in [-0.4, -0.2) is 26.5 Å². The first-order valence-electron chi connectivity index (χ1n) is 6.11. The Morgan fingerprint density at radius 2 is 2.44 bits per heavy atom. The van der Waals surface area contributed by atoms with Crippen molar-refractivity contribution in [1.29, 1.82) is 0 Å². The van der Waals surface area contributed by atoms with Crippen molar-refractivity contribution in [1.82, 2.24) is 19.9 Å². The predicted molar refractivity (Wildman–Crippen MR) is 67.2 cm³/mol. The van der Waals surface area contributed by atoms with E-state index in [-0.39, 0.29) is 11.9 Å². The maximum Gasteiger partial charge on any atom is 0.272 e. The van der Waals surface area contributed by atoms with Crippen LogP contribution >= 0.6 is 0 Å². The molecular weight excluding hydrogens is 228 g/mol. The molecule has 1 unspecified atom stereocenters. The summed E-state index contributed by atoms with van der Waals surface area (Å²) in [5.41, 5.74) is 1.09. The summed E-state index contributed by atoms with van der Waals surface area (Å²) in [6.07, 6.45) is 10.8. The van der Waals surface area contributed by atoms with Gasteiger partial charge in [-0.3, -0.25) is 4.79 Å². The first kappa shape index (κ1) is 11.0. The Morgan fingerprint density at radius 1 is 1.50 bits per heavy atom. The lowest BCUT2D eigenvalue weighted by Crippen LogP contribution is -2.34. The Balaban J connectivity index is 1.79. The number of hydrogen-bond donors (Lipinski definition) is 1. The van der Waals surface area contributed by atoms with Gasteiger partial charge in [-0.2, -0.15) is 5.10 Å². The molecule has 2 aromatic heterocycles. The minimum Gasteiger partial charge on any atom is -0.344 e. The highest BCUT2D eigenvalue weighted by atomic mass is 16.2. The third kappa shape index (κ3) is 2.11. The van der Waals surface area contributed by atoms with Crippen LogP contribution in [0.3, 0.4) is 0 Å². The number of aromatic nitrogens is 3. The van der Waals surface area contributed by atoms with Crippen LogP contribution in [0.1, 0.15) is 29.8 Å². The fraction of sp³-hybridized carbons (Fsp3) is 0.308. The summed E-state index contributed by atoms with van der Waals surface area (Å²) in [4.78, 5) is 16.2. The van der Waals surface area contributed by atoms with Gasteiger partial charge in [0.2, 0.25) is 0 Å². The molecule has 0 saturated heterocycles. The second-order valence-electron chi connectivity index (χ2n) is 4.39. The first-order valence-corrected chi connectivity index (χ1v) is 6.11. The SMILES string of the molecule is O=C(NC1C=CCCC1)c1cc2ncccn2n1. The molecule has 1 N–H and O–H groups in total. The standard InChI is InChI=1S/C13H14N4O/c18-13(15-10-5-2-1-3-6-10)11-9-12-14-7-4-8-17(12)16-11/h2,4-5,7-10H,1,3,6H2,(H,15,18). The Bertz CT molecular complexity index is 569. The van der Waals surface area contributed by atoms with Gasteiger partial charge in [0.1, 0.15) is 0 Å². The summed E-state index contributed by atoms with van der Waals surface area (Å²) in [7, 11) is 0. The van der Waals surface area contributed by atoms with E-state index in [1.165, 1.54) is 0 Å². The Morgan fingerprint density at radius 3 is 3.22 bits per heavy atom. The summed E-state index contributed by atoms with van der Waals surface area (Å²) in [6, 6.07) is 3.61. The number of nitrogens with one attached hydrogen (secondary N) is 1. The molecule has 0 fully saturated rings. The molecule has 0 aliphatic heterocycles. The lowest BCUT2D eigenvalue weighted by Gasteiger charge is -2.16. The Kier molecular flexibility index (Phi) is 2.80. The summed E-state index contributed by atoms with van der Waals surface area (Å²) in [5, 5.41) is 7.16. The van der Waals surface area contributed by atoms with Crippen LogP contribution in [0.5, 0.6) is 0 Å². The highest BCUT2D eigenvalue weighted by molar-refractivity contribution is 5.93. The van der Waals surface area contributed by atoms with Crippen LogP contribution in [0.4, 0.5) is 0 Å². The highest BCUT2D eigenvalue weighted by Gasteiger charge is 2.15. The van der Waals surface area contributed by atoms with E-state index >= 15 is 0 Å². The third-order valence-electron chi connectivity index (χ3n) is 3.04. The van der Waals surface area contributed by atoms with Gasteiger partial charge < -0.3 is 5.32 Å². The van der Waals surface area contributed by atoms with E-state index in [0.29, 0.717) is 11.3 Å². The summed E-state index contributed by atoms with van der Waals surface area (Å²) < 4.78 is 1.60. The second-order valence-corrected chi connectivity index (χ2v) is 4.39. The van der Waals surface area contributed by atoms with Crippen LogP contribution in [0, 0.1) is 0 Å². The number of fused-ring (bicyclic) bond motifs is 1. The molecule has 1 atom stereocenters. The van der Waals surface area contributed by atoms with Gasteiger partial charge in [0.15, 0.2) is 11.3 Å². The third-order valence-corrected chi connectivity index (χ3v) is 3.04. The fourth-order valence-electron chi connectivity index (χ4n) is 2.12. The van der Waals surface area contributed by atoms with Crippen molar-refractivity contribution in [2.45, 2.75) is 25.3 Å². The van der Waals surface area contributed by atoms with E-state index in [9.17, 15) is 4.79 Å². The van der Waals surface area contributed by atoms with Crippen molar-refractivity contribution < 1.29 is 4.79 Å². The van der Waals surface area contributed by atoms with Crippen LogP contribution in [0.15, 0.2) is 36.7 Å². The largest absolute Gasteiger partial charge is 0.344 e. The minimum absolute atomic E-state index is 0.129. The molecule has 3 rings (SSSR count). The van der Waals surface area contributed by atoms with Crippen LogP contribution in [-0.2, 0) is 0 Å². The zero-order valence-electron chi connectivity index (χ0n) is 9.91. The number of hydrogen-bond acceptors (Lipinski definition) is 3. The van der Waals surface area contributed by atoms with E-state index in [2.05, 4.69) is 27.6 Å². The van der Waals surface area contributed by atoms with E-state index in [0.717, 1.165) is 19.3 Å². The summed E-state index contributed by atoms with van der Waals surface area (Å²) in [5.74, 6) is -0.142. The predicted octanol–water partition coefficient (Wildman–Crippen LogP) is 1.57. The van der Waals surface area contributed by atoms with Gasteiger partial charge in [-0.25, -0.2) is 9.50 Å². The van der Waals surface area contributed by atoms with E-state index in [1.54, 1.807) is 29.0 Å². The normalized spacial score (nSPS) is 19.0. The highest BCUT2D eigenvalue weighted by Crippen LogP contribution is 2.11. The van der Waals surface area contributed by atoms with Crippen LogP contribution in [0.25, 0.3) is 5.65 Å². The smallest absolute Gasteiger partial charge is 0.272 e. The van der Waals surface area contributed by atoms with Crippen LogP contribution in [0.2, 0.25) is 0 Å². The topological polar surface area (TPSA) is 59.3 Å². The zero-order chi connectivity index (χ0) is 12.4. The molecule has 0 spiro atoms. The van der Waals surface area contributed by atoms with Crippen molar-refractivity contribution in [3.05, 3.63) is 42.4 Å². The van der Waals surface area contributed by atoms with Crippen LogP contribution < -0.4 is 5.32 Å². The van der Waals surface area contributed by atoms with Crippen molar-refractivity contribution in [3.8, 4) is 0 Å². The van der Waals surface area contributed by atoms with Gasteiger partial charge in [0.25, 0.3) is 5.91 Å². The van der Waals surface area contributed by atoms with Crippen molar-refractivity contribution in [2.75, 3.05) is 0 Å². The molecule has 5 heteroatoms. The lowest BCUT2D eigenvalue weighted by atomic mass is 10.0. The molecular formula is C13H14N4O. The van der Waals surface area contributed by atoms with Gasteiger partial charge in [0, 0.05) is 24.5 Å². The first-order chi connectivity index (χ1) is 8.83. The fourth-order valence-corrected chi connectivity index (χ4v) is 2.12. The monoisotopic (exact) mass is 242 g/mol. The van der Waals surface area contributed by atoms with Gasteiger partial charge in [-0.05, 0) is 25.3 Å². The molecule has 1 aliphatic carbocycles. The second kappa shape index (κ2) is 4.60. The van der Waals surface area contributed by atoms with E-state index in [4.69, 9.17) is 0 Å². The molecule has 92 valence electrons.